The number of rotatable bonds is 3. The van der Waals surface area contributed by atoms with Gasteiger partial charge in [0.2, 0.25) is 0 Å². The fourth-order valence-corrected chi connectivity index (χ4v) is 1.72. The minimum atomic E-state index is -0.285. The molecule has 1 aromatic rings. The highest BCUT2D eigenvalue weighted by Gasteiger charge is 2.35. The van der Waals surface area contributed by atoms with E-state index in [1.807, 2.05) is 30.3 Å². The van der Waals surface area contributed by atoms with Crippen LogP contribution in [-0.4, -0.2) is 26.3 Å². The van der Waals surface area contributed by atoms with Crippen molar-refractivity contribution in [2.24, 2.45) is 16.9 Å². The van der Waals surface area contributed by atoms with Crippen molar-refractivity contribution in [3.05, 3.63) is 35.9 Å². The number of hydrogen-bond donors (Lipinski definition) is 2. The van der Waals surface area contributed by atoms with Crippen LogP contribution in [-0.2, 0) is 9.47 Å². The molecule has 0 amide bonds. The first kappa shape index (κ1) is 11.5. The van der Waals surface area contributed by atoms with Gasteiger partial charge in [-0.25, -0.2) is 0 Å². The zero-order chi connectivity index (χ0) is 11.4. The summed E-state index contributed by atoms with van der Waals surface area (Å²) in [4.78, 5) is 0. The first-order valence-electron chi connectivity index (χ1n) is 5.48. The Morgan fingerprint density at radius 1 is 1.06 bits per heavy atom. The largest absolute Gasteiger partial charge is 0.348 e. The normalized spacial score (nSPS) is 20.9. The highest BCUT2D eigenvalue weighted by atomic mass is 16.7. The molecule has 0 atom stereocenters. The summed E-state index contributed by atoms with van der Waals surface area (Å²) in [6.45, 7) is 2.09. The Balaban J connectivity index is 2.00. The van der Waals surface area contributed by atoms with Crippen LogP contribution in [0.2, 0.25) is 0 Å². The van der Waals surface area contributed by atoms with Gasteiger partial charge in [0, 0.05) is 24.1 Å². The van der Waals surface area contributed by atoms with Crippen LogP contribution in [0.4, 0.5) is 0 Å². The Morgan fingerprint density at radius 2 is 1.62 bits per heavy atom. The fraction of sp³-hybridized carbons (Fsp3) is 0.500. The first-order chi connectivity index (χ1) is 7.79. The topological polar surface area (TPSA) is 70.5 Å². The molecule has 2 rings (SSSR count). The summed E-state index contributed by atoms with van der Waals surface area (Å²) in [6, 6.07) is 9.88. The molecule has 1 fully saturated rings. The van der Waals surface area contributed by atoms with E-state index in [4.69, 9.17) is 20.9 Å². The summed E-state index contributed by atoms with van der Waals surface area (Å²) in [5.41, 5.74) is 12.2. The van der Waals surface area contributed by atoms with E-state index < -0.39 is 0 Å². The zero-order valence-electron chi connectivity index (χ0n) is 9.26. The molecule has 0 spiro atoms. The second-order valence-corrected chi connectivity index (χ2v) is 4.27. The third kappa shape index (κ3) is 2.25. The molecular formula is C12H18N2O2. The number of hydrogen-bond acceptors (Lipinski definition) is 4. The quantitative estimate of drug-likeness (QED) is 0.787. The number of benzene rings is 1. The van der Waals surface area contributed by atoms with Crippen LogP contribution >= 0.6 is 0 Å². The van der Waals surface area contributed by atoms with E-state index in [0.29, 0.717) is 26.3 Å². The minimum Gasteiger partial charge on any atom is -0.348 e. The van der Waals surface area contributed by atoms with Crippen molar-refractivity contribution in [1.29, 1.82) is 0 Å². The standard InChI is InChI=1S/C12H18N2O2/c13-6-12(7-14)8-15-11(16-9-12)10-4-2-1-3-5-10/h1-5,11H,6-9,13-14H2. The summed E-state index contributed by atoms with van der Waals surface area (Å²) < 4.78 is 11.4. The monoisotopic (exact) mass is 222 g/mol. The highest BCUT2D eigenvalue weighted by Crippen LogP contribution is 2.30. The van der Waals surface area contributed by atoms with Crippen molar-refractivity contribution in [3.8, 4) is 0 Å². The molecule has 4 heteroatoms. The Bertz CT molecular complexity index is 315. The first-order valence-corrected chi connectivity index (χ1v) is 5.48. The predicted molar refractivity (Wildman–Crippen MR) is 61.6 cm³/mol. The molecule has 1 heterocycles. The van der Waals surface area contributed by atoms with Crippen molar-refractivity contribution < 1.29 is 9.47 Å². The summed E-state index contributed by atoms with van der Waals surface area (Å²) in [7, 11) is 0. The van der Waals surface area contributed by atoms with Gasteiger partial charge >= 0.3 is 0 Å². The Labute approximate surface area is 95.5 Å². The average Bonchev–Trinajstić information content (AvgIpc) is 2.40. The zero-order valence-corrected chi connectivity index (χ0v) is 9.26. The van der Waals surface area contributed by atoms with Crippen molar-refractivity contribution in [1.82, 2.24) is 0 Å². The van der Waals surface area contributed by atoms with Gasteiger partial charge in [0.25, 0.3) is 0 Å². The number of ether oxygens (including phenoxy) is 2. The van der Waals surface area contributed by atoms with Crippen molar-refractivity contribution in [3.63, 3.8) is 0 Å². The molecule has 88 valence electrons. The molecule has 0 saturated carbocycles. The van der Waals surface area contributed by atoms with E-state index in [-0.39, 0.29) is 11.7 Å². The second-order valence-electron chi connectivity index (χ2n) is 4.27. The van der Waals surface area contributed by atoms with Gasteiger partial charge < -0.3 is 20.9 Å². The van der Waals surface area contributed by atoms with Gasteiger partial charge in [0.05, 0.1) is 13.2 Å². The van der Waals surface area contributed by atoms with Crippen LogP contribution in [0, 0.1) is 5.41 Å². The Kier molecular flexibility index (Phi) is 3.56. The molecule has 1 saturated heterocycles. The third-order valence-corrected chi connectivity index (χ3v) is 3.02. The van der Waals surface area contributed by atoms with Gasteiger partial charge in [0.1, 0.15) is 0 Å². The fourth-order valence-electron chi connectivity index (χ4n) is 1.72. The van der Waals surface area contributed by atoms with Gasteiger partial charge in [0.15, 0.2) is 6.29 Å². The van der Waals surface area contributed by atoms with Gasteiger partial charge in [-0.05, 0) is 0 Å². The molecule has 16 heavy (non-hydrogen) atoms. The van der Waals surface area contributed by atoms with Crippen LogP contribution in [0.5, 0.6) is 0 Å². The van der Waals surface area contributed by atoms with Crippen LogP contribution in [0.25, 0.3) is 0 Å². The van der Waals surface area contributed by atoms with Crippen LogP contribution < -0.4 is 11.5 Å². The lowest BCUT2D eigenvalue weighted by Gasteiger charge is -2.38. The molecule has 0 aromatic heterocycles. The van der Waals surface area contributed by atoms with E-state index in [9.17, 15) is 0 Å². The molecular weight excluding hydrogens is 204 g/mol. The maximum absolute atomic E-state index is 5.69. The summed E-state index contributed by atoms with van der Waals surface area (Å²) >= 11 is 0. The summed E-state index contributed by atoms with van der Waals surface area (Å²) in [6.07, 6.45) is -0.285. The lowest BCUT2D eigenvalue weighted by atomic mass is 9.89. The maximum Gasteiger partial charge on any atom is 0.183 e. The lowest BCUT2D eigenvalue weighted by molar-refractivity contribution is -0.229. The van der Waals surface area contributed by atoms with E-state index in [1.54, 1.807) is 0 Å². The molecule has 0 radical (unpaired) electrons. The van der Waals surface area contributed by atoms with Gasteiger partial charge in [-0.2, -0.15) is 0 Å². The van der Waals surface area contributed by atoms with Gasteiger partial charge in [-0.1, -0.05) is 30.3 Å². The predicted octanol–water partition coefficient (Wildman–Crippen LogP) is 0.636. The Hall–Kier alpha value is -0.940. The lowest BCUT2D eigenvalue weighted by Crippen LogP contribution is -2.49. The SMILES string of the molecule is NCC1(CN)COC(c2ccccc2)OC1. The molecule has 0 aliphatic carbocycles. The average molecular weight is 222 g/mol. The molecule has 1 aromatic carbocycles. The maximum atomic E-state index is 5.69. The van der Waals surface area contributed by atoms with E-state index in [2.05, 4.69) is 0 Å². The summed E-state index contributed by atoms with van der Waals surface area (Å²) in [5, 5.41) is 0. The molecule has 4 nitrogen and oxygen atoms in total. The molecule has 0 unspecified atom stereocenters. The van der Waals surface area contributed by atoms with E-state index in [0.717, 1.165) is 5.56 Å². The highest BCUT2D eigenvalue weighted by molar-refractivity contribution is 5.16. The van der Waals surface area contributed by atoms with Gasteiger partial charge in [-0.3, -0.25) is 0 Å². The van der Waals surface area contributed by atoms with E-state index in [1.165, 1.54) is 0 Å². The summed E-state index contributed by atoms with van der Waals surface area (Å²) in [5.74, 6) is 0. The van der Waals surface area contributed by atoms with Crippen LogP contribution in [0.15, 0.2) is 30.3 Å². The molecule has 0 bridgehead atoms. The van der Waals surface area contributed by atoms with Crippen molar-refractivity contribution in [2.45, 2.75) is 6.29 Å². The second kappa shape index (κ2) is 4.93. The molecule has 1 aliphatic heterocycles. The van der Waals surface area contributed by atoms with Crippen LogP contribution in [0.1, 0.15) is 11.9 Å². The van der Waals surface area contributed by atoms with Crippen LogP contribution in [0.3, 0.4) is 0 Å². The molecule has 1 aliphatic rings. The number of nitrogens with two attached hydrogens (primary N) is 2. The third-order valence-electron chi connectivity index (χ3n) is 3.02. The smallest absolute Gasteiger partial charge is 0.183 e. The minimum absolute atomic E-state index is 0.217. The van der Waals surface area contributed by atoms with Gasteiger partial charge in [-0.15, -0.1) is 0 Å². The Morgan fingerprint density at radius 3 is 2.12 bits per heavy atom. The van der Waals surface area contributed by atoms with E-state index >= 15 is 0 Å². The molecule has 4 N–H and O–H groups in total. The van der Waals surface area contributed by atoms with Crippen molar-refractivity contribution >= 4 is 0 Å². The van der Waals surface area contributed by atoms with Crippen molar-refractivity contribution in [2.75, 3.05) is 26.3 Å².